The van der Waals surface area contributed by atoms with Gasteiger partial charge in [-0.15, -0.1) is 11.6 Å². The van der Waals surface area contributed by atoms with Crippen molar-refractivity contribution in [2.45, 2.75) is 9.96 Å². The Morgan fingerprint density at radius 3 is 2.32 bits per heavy atom. The van der Waals surface area contributed by atoms with Crippen LogP contribution < -0.4 is 20.7 Å². The molecule has 0 saturated carbocycles. The standard InChI is InChI=1S/C12H13Cl4N3O2S/c1-21-8-4-2-7(3-5-8)17-11(22)19-10(12(14,15)16)18-9(20)6-13/h2-5,10H,6H2,1H3,(H,18,20)(H2,17,19,22)/t10-/m0/s1. The van der Waals surface area contributed by atoms with Crippen molar-refractivity contribution in [2.75, 3.05) is 18.3 Å². The number of halogens is 4. The molecule has 10 heteroatoms. The third-order valence-corrected chi connectivity index (χ3v) is 3.49. The molecule has 0 unspecified atom stereocenters. The molecule has 1 aromatic rings. The fourth-order valence-electron chi connectivity index (χ4n) is 1.37. The molecule has 0 aliphatic rings. The molecule has 0 aromatic heterocycles. The predicted octanol–water partition coefficient (Wildman–Crippen LogP) is 3.03. The maximum Gasteiger partial charge on any atom is 0.236 e. The molecule has 0 heterocycles. The molecule has 22 heavy (non-hydrogen) atoms. The van der Waals surface area contributed by atoms with Gasteiger partial charge in [0.2, 0.25) is 9.70 Å². The summed E-state index contributed by atoms with van der Waals surface area (Å²) in [5.41, 5.74) is 0.699. The van der Waals surface area contributed by atoms with Crippen LogP contribution in [0.25, 0.3) is 0 Å². The van der Waals surface area contributed by atoms with Gasteiger partial charge in [-0.25, -0.2) is 0 Å². The van der Waals surface area contributed by atoms with Crippen molar-refractivity contribution in [3.05, 3.63) is 24.3 Å². The SMILES string of the molecule is COc1ccc(NC(=S)N[C@H](NC(=O)CCl)C(Cl)(Cl)Cl)cc1. The van der Waals surface area contributed by atoms with E-state index in [0.717, 1.165) is 0 Å². The molecule has 1 atom stereocenters. The van der Waals surface area contributed by atoms with Crippen LogP contribution in [0.2, 0.25) is 0 Å². The van der Waals surface area contributed by atoms with Crippen LogP contribution in [0.3, 0.4) is 0 Å². The molecule has 3 N–H and O–H groups in total. The van der Waals surface area contributed by atoms with E-state index in [9.17, 15) is 4.79 Å². The number of benzene rings is 1. The number of nitrogens with one attached hydrogen (secondary N) is 3. The predicted molar refractivity (Wildman–Crippen MR) is 95.3 cm³/mol. The number of methoxy groups -OCH3 is 1. The van der Waals surface area contributed by atoms with Gasteiger partial charge in [-0.3, -0.25) is 4.79 Å². The summed E-state index contributed by atoms with van der Waals surface area (Å²) in [5.74, 6) is -0.0619. The normalized spacial score (nSPS) is 12.2. The van der Waals surface area contributed by atoms with Crippen LogP contribution in [0.4, 0.5) is 5.69 Å². The lowest BCUT2D eigenvalue weighted by molar-refractivity contribution is -0.119. The first-order chi connectivity index (χ1) is 10.3. The van der Waals surface area contributed by atoms with Gasteiger partial charge in [-0.1, -0.05) is 34.8 Å². The minimum Gasteiger partial charge on any atom is -0.497 e. The van der Waals surface area contributed by atoms with Crippen molar-refractivity contribution in [3.8, 4) is 5.75 Å². The number of hydrogen-bond donors (Lipinski definition) is 3. The Kier molecular flexibility index (Phi) is 7.79. The molecule has 0 aliphatic heterocycles. The molecular formula is C12H13Cl4N3O2S. The van der Waals surface area contributed by atoms with Crippen LogP contribution in [0.15, 0.2) is 24.3 Å². The first-order valence-corrected chi connectivity index (χ1v) is 7.97. The number of carbonyl (C=O) groups is 1. The zero-order chi connectivity index (χ0) is 16.8. The van der Waals surface area contributed by atoms with E-state index in [0.29, 0.717) is 11.4 Å². The van der Waals surface area contributed by atoms with Crippen LogP contribution in [0.1, 0.15) is 0 Å². The van der Waals surface area contributed by atoms with Gasteiger partial charge in [0, 0.05) is 5.69 Å². The van der Waals surface area contributed by atoms with E-state index in [-0.39, 0.29) is 11.0 Å². The van der Waals surface area contributed by atoms with Gasteiger partial charge in [0.05, 0.1) is 7.11 Å². The third kappa shape index (κ3) is 6.62. The Balaban J connectivity index is 2.67. The second-order valence-electron chi connectivity index (χ2n) is 4.00. The van der Waals surface area contributed by atoms with Crippen LogP contribution in [-0.4, -0.2) is 34.0 Å². The highest BCUT2D eigenvalue weighted by Crippen LogP contribution is 2.29. The summed E-state index contributed by atoms with van der Waals surface area (Å²) in [6.45, 7) is 0. The lowest BCUT2D eigenvalue weighted by Gasteiger charge is -2.27. The summed E-state index contributed by atoms with van der Waals surface area (Å²) in [4.78, 5) is 11.3. The van der Waals surface area contributed by atoms with Crippen molar-refractivity contribution in [1.29, 1.82) is 0 Å². The van der Waals surface area contributed by atoms with Crippen LogP contribution >= 0.6 is 58.6 Å². The monoisotopic (exact) mass is 403 g/mol. The van der Waals surface area contributed by atoms with Gasteiger partial charge in [0.1, 0.15) is 17.8 Å². The second-order valence-corrected chi connectivity index (χ2v) is 7.05. The average molecular weight is 405 g/mol. The van der Waals surface area contributed by atoms with Crippen LogP contribution in [0.5, 0.6) is 5.75 Å². The summed E-state index contributed by atoms with van der Waals surface area (Å²) in [6, 6.07) is 7.03. The highest BCUT2D eigenvalue weighted by atomic mass is 35.6. The largest absolute Gasteiger partial charge is 0.497 e. The van der Waals surface area contributed by atoms with Crippen molar-refractivity contribution < 1.29 is 9.53 Å². The molecule has 1 rings (SSSR count). The topological polar surface area (TPSA) is 62.4 Å². The van der Waals surface area contributed by atoms with Crippen molar-refractivity contribution >= 4 is 75.3 Å². The lowest BCUT2D eigenvalue weighted by Crippen LogP contribution is -2.56. The Labute approximate surface area is 153 Å². The zero-order valence-electron chi connectivity index (χ0n) is 11.3. The minimum atomic E-state index is -1.81. The van der Waals surface area contributed by atoms with Gasteiger partial charge in [-0.05, 0) is 36.5 Å². The quantitative estimate of drug-likeness (QED) is 0.400. The number of carbonyl (C=O) groups excluding carboxylic acids is 1. The number of anilines is 1. The van der Waals surface area contributed by atoms with Crippen molar-refractivity contribution in [1.82, 2.24) is 10.6 Å². The Bertz CT molecular complexity index is 522. The minimum absolute atomic E-state index is 0.163. The molecule has 0 bridgehead atoms. The first-order valence-electron chi connectivity index (χ1n) is 5.90. The van der Waals surface area contributed by atoms with E-state index in [4.69, 9.17) is 63.4 Å². The third-order valence-electron chi connectivity index (χ3n) is 2.38. The van der Waals surface area contributed by atoms with E-state index in [1.165, 1.54) is 0 Å². The number of thiocarbonyl (C=S) groups is 1. The molecule has 0 spiro atoms. The Morgan fingerprint density at radius 1 is 1.27 bits per heavy atom. The molecule has 0 fully saturated rings. The molecule has 0 radical (unpaired) electrons. The van der Waals surface area contributed by atoms with E-state index in [1.807, 2.05) is 0 Å². The van der Waals surface area contributed by atoms with Crippen LogP contribution in [0, 0.1) is 0 Å². The fraction of sp³-hybridized carbons (Fsp3) is 0.333. The number of hydrogen-bond acceptors (Lipinski definition) is 3. The second kappa shape index (κ2) is 8.84. The summed E-state index contributed by atoms with van der Waals surface area (Å²) >= 11 is 27.9. The smallest absolute Gasteiger partial charge is 0.236 e. The van der Waals surface area contributed by atoms with Gasteiger partial charge in [-0.2, -0.15) is 0 Å². The number of ether oxygens (including phenoxy) is 1. The van der Waals surface area contributed by atoms with Gasteiger partial charge in [0.25, 0.3) is 0 Å². The molecule has 0 aliphatic carbocycles. The van der Waals surface area contributed by atoms with E-state index < -0.39 is 15.9 Å². The maximum absolute atomic E-state index is 11.3. The number of alkyl halides is 4. The summed E-state index contributed by atoms with van der Waals surface area (Å²) in [7, 11) is 1.57. The summed E-state index contributed by atoms with van der Waals surface area (Å²) < 4.78 is 3.24. The molecular weight excluding hydrogens is 392 g/mol. The van der Waals surface area contributed by atoms with Crippen LogP contribution in [-0.2, 0) is 4.79 Å². The Hall–Kier alpha value is -0.660. The highest BCUT2D eigenvalue weighted by molar-refractivity contribution is 7.80. The molecule has 122 valence electrons. The summed E-state index contributed by atoms with van der Waals surface area (Å²) in [5, 5.41) is 8.17. The zero-order valence-corrected chi connectivity index (χ0v) is 15.2. The fourth-order valence-corrected chi connectivity index (χ4v) is 2.01. The molecule has 0 saturated heterocycles. The van der Waals surface area contributed by atoms with E-state index in [2.05, 4.69) is 16.0 Å². The number of rotatable bonds is 5. The van der Waals surface area contributed by atoms with E-state index >= 15 is 0 Å². The van der Waals surface area contributed by atoms with Crippen molar-refractivity contribution in [3.63, 3.8) is 0 Å². The highest BCUT2D eigenvalue weighted by Gasteiger charge is 2.34. The first kappa shape index (κ1) is 19.4. The Morgan fingerprint density at radius 2 is 1.86 bits per heavy atom. The number of amides is 1. The van der Waals surface area contributed by atoms with Gasteiger partial charge >= 0.3 is 0 Å². The molecule has 5 nitrogen and oxygen atoms in total. The lowest BCUT2D eigenvalue weighted by atomic mass is 10.3. The van der Waals surface area contributed by atoms with E-state index in [1.54, 1.807) is 31.4 Å². The molecule has 1 amide bonds. The molecule has 1 aromatic carbocycles. The maximum atomic E-state index is 11.3. The van der Waals surface area contributed by atoms with Crippen molar-refractivity contribution in [2.24, 2.45) is 0 Å². The average Bonchev–Trinajstić information content (AvgIpc) is 2.46. The van der Waals surface area contributed by atoms with Gasteiger partial charge in [0.15, 0.2) is 5.11 Å². The van der Waals surface area contributed by atoms with Gasteiger partial charge < -0.3 is 20.7 Å². The summed E-state index contributed by atoms with van der Waals surface area (Å²) in [6.07, 6.45) is -1.04.